The van der Waals surface area contributed by atoms with Crippen LogP contribution in [-0.2, 0) is 15.5 Å². The summed E-state index contributed by atoms with van der Waals surface area (Å²) in [5, 5.41) is 0.658. The van der Waals surface area contributed by atoms with E-state index in [9.17, 15) is 8.42 Å². The molecule has 3 aromatic rings. The van der Waals surface area contributed by atoms with Crippen molar-refractivity contribution in [1.29, 1.82) is 0 Å². The fourth-order valence-corrected chi connectivity index (χ4v) is 3.80. The molecule has 0 radical (unpaired) electrons. The zero-order valence-electron chi connectivity index (χ0n) is 16.0. The smallest absolute Gasteiger partial charge is 0.339 e. The fraction of sp³-hybridized carbons (Fsp3) is 0.190. The number of hydrogen-bond donors (Lipinski definition) is 0. The van der Waals surface area contributed by atoms with Crippen molar-refractivity contribution in [3.05, 3.63) is 76.4 Å². The Bertz CT molecular complexity index is 1110. The molecule has 0 saturated heterocycles. The van der Waals surface area contributed by atoms with E-state index >= 15 is 0 Å². The summed E-state index contributed by atoms with van der Waals surface area (Å²) in [6.07, 6.45) is 1.41. The zero-order valence-corrected chi connectivity index (χ0v) is 18.3. The Hall–Kier alpha value is -2.28. The van der Waals surface area contributed by atoms with Gasteiger partial charge in [-0.25, -0.2) is 4.98 Å². The maximum atomic E-state index is 12.5. The van der Waals surface area contributed by atoms with Crippen LogP contribution >= 0.6 is 23.2 Å². The maximum absolute atomic E-state index is 12.5. The Morgan fingerprint density at radius 1 is 0.897 bits per heavy atom. The molecule has 0 unspecified atom stereocenters. The Labute approximate surface area is 180 Å². The van der Waals surface area contributed by atoms with Crippen LogP contribution in [0.15, 0.2) is 65.7 Å². The molecule has 152 valence electrons. The Morgan fingerprint density at radius 3 is 2.03 bits per heavy atom. The molecule has 0 fully saturated rings. The summed E-state index contributed by atoms with van der Waals surface area (Å²) in [5.74, 6) is 0.768. The minimum Gasteiger partial charge on any atom is -0.438 e. The van der Waals surface area contributed by atoms with Crippen molar-refractivity contribution in [2.75, 3.05) is 0 Å². The molecule has 5 nitrogen and oxygen atoms in total. The Balaban J connectivity index is 1.73. The second-order valence-electron chi connectivity index (χ2n) is 7.33. The van der Waals surface area contributed by atoms with Crippen LogP contribution in [0.25, 0.3) is 0 Å². The number of rotatable bonds is 5. The molecule has 0 aliphatic carbocycles. The van der Waals surface area contributed by atoms with Gasteiger partial charge in [0.05, 0.1) is 5.02 Å². The predicted molar refractivity (Wildman–Crippen MR) is 114 cm³/mol. The summed E-state index contributed by atoms with van der Waals surface area (Å²) >= 11 is 11.8. The number of halogens is 2. The molecular formula is C21H19Cl2NO4S. The number of pyridine rings is 1. The van der Waals surface area contributed by atoms with Crippen molar-refractivity contribution in [3.8, 4) is 17.4 Å². The Kier molecular flexibility index (Phi) is 6.08. The van der Waals surface area contributed by atoms with E-state index in [1.807, 2.05) is 0 Å². The maximum Gasteiger partial charge on any atom is 0.339 e. The van der Waals surface area contributed by atoms with Gasteiger partial charge in [0.1, 0.15) is 21.4 Å². The van der Waals surface area contributed by atoms with Crippen LogP contribution in [0.5, 0.6) is 17.4 Å². The van der Waals surface area contributed by atoms with E-state index in [1.54, 1.807) is 36.4 Å². The predicted octanol–water partition coefficient (Wildman–Crippen LogP) is 6.25. The van der Waals surface area contributed by atoms with Gasteiger partial charge in [-0.2, -0.15) is 8.42 Å². The van der Waals surface area contributed by atoms with Gasteiger partial charge in [0.15, 0.2) is 0 Å². The lowest BCUT2D eigenvalue weighted by atomic mass is 9.87. The van der Waals surface area contributed by atoms with E-state index in [4.69, 9.17) is 32.1 Å². The van der Waals surface area contributed by atoms with Gasteiger partial charge in [-0.05, 0) is 53.4 Å². The van der Waals surface area contributed by atoms with E-state index in [-0.39, 0.29) is 27.0 Å². The molecule has 0 spiro atoms. The third kappa shape index (κ3) is 5.41. The minimum absolute atomic E-state index is 0.0686. The molecule has 0 aliphatic heterocycles. The first-order valence-corrected chi connectivity index (χ1v) is 10.8. The van der Waals surface area contributed by atoms with Crippen LogP contribution in [0.4, 0.5) is 0 Å². The fourth-order valence-electron chi connectivity index (χ4n) is 2.45. The molecule has 0 saturated carbocycles. The average molecular weight is 452 g/mol. The van der Waals surface area contributed by atoms with Gasteiger partial charge in [-0.1, -0.05) is 56.1 Å². The van der Waals surface area contributed by atoms with Gasteiger partial charge < -0.3 is 8.92 Å². The van der Waals surface area contributed by atoms with Crippen LogP contribution in [0, 0.1) is 0 Å². The summed E-state index contributed by atoms with van der Waals surface area (Å²) in [6, 6.07) is 14.3. The van der Waals surface area contributed by atoms with E-state index in [1.165, 1.54) is 24.4 Å². The van der Waals surface area contributed by atoms with Crippen molar-refractivity contribution in [2.45, 2.75) is 31.1 Å². The molecule has 0 bridgehead atoms. The molecule has 1 aromatic heterocycles. The summed E-state index contributed by atoms with van der Waals surface area (Å²) in [6.45, 7) is 6.18. The standard InChI is InChI=1S/C21H19Cl2NO4S/c1-21(2,3)14-4-10-18(11-5-14)29(25,26)28-17-8-6-16(7-9-17)27-20-19(23)12-15(22)13-24-20/h4-13H,1-3H3. The summed E-state index contributed by atoms with van der Waals surface area (Å²) in [5.41, 5.74) is 0.966. The van der Waals surface area contributed by atoms with Crippen molar-refractivity contribution in [2.24, 2.45) is 0 Å². The van der Waals surface area contributed by atoms with Crippen LogP contribution in [-0.4, -0.2) is 13.4 Å². The zero-order chi connectivity index (χ0) is 21.2. The monoisotopic (exact) mass is 451 g/mol. The number of hydrogen-bond acceptors (Lipinski definition) is 5. The van der Waals surface area contributed by atoms with Crippen LogP contribution in [0.1, 0.15) is 26.3 Å². The second-order valence-corrected chi connectivity index (χ2v) is 9.72. The quantitative estimate of drug-likeness (QED) is 0.429. The average Bonchev–Trinajstić information content (AvgIpc) is 2.65. The summed E-state index contributed by atoms with van der Waals surface area (Å²) < 4.78 is 35.8. The third-order valence-electron chi connectivity index (χ3n) is 4.03. The third-order valence-corrected chi connectivity index (χ3v) is 5.77. The lowest BCUT2D eigenvalue weighted by Crippen LogP contribution is -2.13. The minimum atomic E-state index is -3.95. The van der Waals surface area contributed by atoms with E-state index in [0.717, 1.165) is 5.56 Å². The van der Waals surface area contributed by atoms with Gasteiger partial charge >= 0.3 is 10.1 Å². The highest BCUT2D eigenvalue weighted by atomic mass is 35.5. The first-order chi connectivity index (χ1) is 13.5. The van der Waals surface area contributed by atoms with Crippen LogP contribution in [0.2, 0.25) is 10.0 Å². The van der Waals surface area contributed by atoms with Gasteiger partial charge in [-0.3, -0.25) is 0 Å². The molecule has 0 aliphatic rings. The van der Waals surface area contributed by atoms with Crippen LogP contribution in [0.3, 0.4) is 0 Å². The summed E-state index contributed by atoms with van der Waals surface area (Å²) in [7, 11) is -3.95. The second kappa shape index (κ2) is 8.22. The molecular weight excluding hydrogens is 433 g/mol. The normalized spacial score (nSPS) is 11.9. The summed E-state index contributed by atoms with van der Waals surface area (Å²) in [4.78, 5) is 4.09. The molecule has 1 heterocycles. The molecule has 29 heavy (non-hydrogen) atoms. The topological polar surface area (TPSA) is 65.5 Å². The van der Waals surface area contributed by atoms with E-state index in [0.29, 0.717) is 10.8 Å². The molecule has 8 heteroatoms. The lowest BCUT2D eigenvalue weighted by molar-refractivity contribution is 0.459. The van der Waals surface area contributed by atoms with Gasteiger partial charge in [0, 0.05) is 6.20 Å². The highest BCUT2D eigenvalue weighted by Gasteiger charge is 2.19. The van der Waals surface area contributed by atoms with E-state index < -0.39 is 10.1 Å². The van der Waals surface area contributed by atoms with Crippen LogP contribution < -0.4 is 8.92 Å². The number of benzene rings is 2. The largest absolute Gasteiger partial charge is 0.438 e. The molecule has 3 rings (SSSR count). The number of nitrogens with zero attached hydrogens (tertiary/aromatic N) is 1. The number of ether oxygens (including phenoxy) is 1. The Morgan fingerprint density at radius 2 is 1.48 bits per heavy atom. The van der Waals surface area contributed by atoms with Crippen molar-refractivity contribution in [1.82, 2.24) is 4.98 Å². The van der Waals surface area contributed by atoms with Gasteiger partial charge in [-0.15, -0.1) is 0 Å². The molecule has 0 atom stereocenters. The SMILES string of the molecule is CC(C)(C)c1ccc(S(=O)(=O)Oc2ccc(Oc3ncc(Cl)cc3Cl)cc2)cc1. The van der Waals surface area contributed by atoms with Gasteiger partial charge in [0.25, 0.3) is 0 Å². The lowest BCUT2D eigenvalue weighted by Gasteiger charge is -2.19. The number of aromatic nitrogens is 1. The highest BCUT2D eigenvalue weighted by Crippen LogP contribution is 2.30. The first kappa shape index (κ1) is 21.4. The van der Waals surface area contributed by atoms with Crippen molar-refractivity contribution >= 4 is 33.3 Å². The molecule has 2 aromatic carbocycles. The highest BCUT2D eigenvalue weighted by molar-refractivity contribution is 7.87. The first-order valence-electron chi connectivity index (χ1n) is 8.69. The van der Waals surface area contributed by atoms with Crippen molar-refractivity contribution in [3.63, 3.8) is 0 Å². The van der Waals surface area contributed by atoms with Gasteiger partial charge in [0.2, 0.25) is 5.88 Å². The molecule has 0 amide bonds. The molecule has 0 N–H and O–H groups in total. The van der Waals surface area contributed by atoms with Crippen molar-refractivity contribution < 1.29 is 17.3 Å². The van der Waals surface area contributed by atoms with E-state index in [2.05, 4.69) is 25.8 Å².